The number of alkyl halides is 6. The quantitative estimate of drug-likeness (QED) is 0.232. The summed E-state index contributed by atoms with van der Waals surface area (Å²) in [5.41, 5.74) is -3.33. The van der Waals surface area contributed by atoms with Gasteiger partial charge >= 0.3 is 12.4 Å². The maximum Gasteiger partial charge on any atom is 0.423 e. The van der Waals surface area contributed by atoms with E-state index in [-0.39, 0.29) is 36.9 Å². The van der Waals surface area contributed by atoms with Gasteiger partial charge in [-0.3, -0.25) is 14.9 Å². The predicted molar refractivity (Wildman–Crippen MR) is 143 cm³/mol. The molecule has 2 aromatic carbocycles. The van der Waals surface area contributed by atoms with Crippen molar-refractivity contribution < 1.29 is 40.8 Å². The lowest BCUT2D eigenvalue weighted by atomic mass is 9.92. The minimum Gasteiger partial charge on any atom is -0.382 e. The summed E-state index contributed by atoms with van der Waals surface area (Å²) in [6.45, 7) is 1.27. The highest BCUT2D eigenvalue weighted by molar-refractivity contribution is 5.77. The molecule has 1 heterocycles. The van der Waals surface area contributed by atoms with Gasteiger partial charge in [0.1, 0.15) is 12.2 Å². The van der Waals surface area contributed by atoms with Crippen LogP contribution in [0.15, 0.2) is 36.4 Å². The SMILES string of the molecule is N#Cc1ccc(N2CCCN(C(=O)COC3CCC(Nc4ccc([N+](=O)[O-])c(C(F)(F)F)c4)CC3)CC2)cc1C(F)(F)F. The maximum absolute atomic E-state index is 13.4. The second-order valence-corrected chi connectivity index (χ2v) is 10.5. The van der Waals surface area contributed by atoms with Gasteiger partial charge in [0, 0.05) is 49.7 Å². The van der Waals surface area contributed by atoms with Crippen LogP contribution in [-0.4, -0.2) is 60.7 Å². The zero-order valence-corrected chi connectivity index (χ0v) is 22.9. The summed E-state index contributed by atoms with van der Waals surface area (Å²) >= 11 is 0. The van der Waals surface area contributed by atoms with Gasteiger partial charge in [0.2, 0.25) is 5.91 Å². The number of hydrogen-bond donors (Lipinski definition) is 1. The molecule has 0 aromatic heterocycles. The molecule has 2 fully saturated rings. The van der Waals surface area contributed by atoms with E-state index in [9.17, 15) is 41.3 Å². The van der Waals surface area contributed by atoms with Crippen molar-refractivity contribution in [3.63, 3.8) is 0 Å². The van der Waals surface area contributed by atoms with Crippen LogP contribution >= 0.6 is 0 Å². The first kappa shape index (κ1) is 31.9. The molecule has 1 N–H and O–H groups in total. The second kappa shape index (κ2) is 13.1. The smallest absolute Gasteiger partial charge is 0.382 e. The summed E-state index contributed by atoms with van der Waals surface area (Å²) in [5, 5.41) is 23.0. The molecule has 2 aromatic rings. The molecule has 15 heteroatoms. The van der Waals surface area contributed by atoms with Crippen molar-refractivity contribution >= 4 is 23.0 Å². The molecule has 232 valence electrons. The number of nitro benzene ring substituents is 1. The summed E-state index contributed by atoms with van der Waals surface area (Å²) < 4.78 is 85.8. The molecule has 0 radical (unpaired) electrons. The van der Waals surface area contributed by atoms with E-state index in [0.29, 0.717) is 57.4 Å². The van der Waals surface area contributed by atoms with Gasteiger partial charge < -0.3 is 19.9 Å². The number of halogens is 6. The van der Waals surface area contributed by atoms with Crippen LogP contribution in [0, 0.1) is 21.4 Å². The lowest BCUT2D eigenvalue weighted by Gasteiger charge is -2.30. The highest BCUT2D eigenvalue weighted by Gasteiger charge is 2.39. The third-order valence-electron chi connectivity index (χ3n) is 7.63. The number of rotatable bonds is 7. The minimum atomic E-state index is -4.87. The average Bonchev–Trinajstić information content (AvgIpc) is 3.22. The van der Waals surface area contributed by atoms with Crippen LogP contribution in [0.4, 0.5) is 43.4 Å². The Hall–Kier alpha value is -4.06. The van der Waals surface area contributed by atoms with Crippen molar-refractivity contribution in [2.24, 2.45) is 0 Å². The molecule has 0 atom stereocenters. The number of hydrogen-bond acceptors (Lipinski definition) is 7. The number of carbonyl (C=O) groups excluding carboxylic acids is 1. The van der Waals surface area contributed by atoms with E-state index in [4.69, 9.17) is 10.00 Å². The van der Waals surface area contributed by atoms with Gasteiger partial charge in [0.25, 0.3) is 5.69 Å². The molecule has 4 rings (SSSR count). The Kier molecular flexibility index (Phi) is 9.69. The summed E-state index contributed by atoms with van der Waals surface area (Å²) in [6.07, 6.45) is -7.01. The topological polar surface area (TPSA) is 112 Å². The van der Waals surface area contributed by atoms with Crippen molar-refractivity contribution in [2.75, 3.05) is 43.0 Å². The summed E-state index contributed by atoms with van der Waals surface area (Å²) in [4.78, 5) is 26.1. The first-order valence-electron chi connectivity index (χ1n) is 13.6. The Morgan fingerprint density at radius 3 is 2.30 bits per heavy atom. The fourth-order valence-corrected chi connectivity index (χ4v) is 5.39. The molecule has 0 unspecified atom stereocenters. The zero-order valence-electron chi connectivity index (χ0n) is 22.9. The van der Waals surface area contributed by atoms with E-state index in [1.807, 2.05) is 0 Å². The van der Waals surface area contributed by atoms with Gasteiger partial charge in [-0.05, 0) is 62.4 Å². The number of nitrogens with zero attached hydrogens (tertiary/aromatic N) is 4. The highest BCUT2D eigenvalue weighted by atomic mass is 19.4. The first-order chi connectivity index (χ1) is 20.3. The number of nitrogens with one attached hydrogen (secondary N) is 1. The second-order valence-electron chi connectivity index (χ2n) is 10.5. The number of nitriles is 1. The highest BCUT2D eigenvalue weighted by Crippen LogP contribution is 2.38. The Labute approximate surface area is 243 Å². The van der Waals surface area contributed by atoms with Crippen LogP contribution in [-0.2, 0) is 21.9 Å². The summed E-state index contributed by atoms with van der Waals surface area (Å²) in [5.74, 6) is -0.247. The van der Waals surface area contributed by atoms with E-state index in [2.05, 4.69) is 5.32 Å². The molecular weight excluding hydrogens is 584 g/mol. The lowest BCUT2D eigenvalue weighted by Crippen LogP contribution is -2.39. The average molecular weight is 614 g/mol. The van der Waals surface area contributed by atoms with Crippen LogP contribution in [0.2, 0.25) is 0 Å². The number of amides is 1. The van der Waals surface area contributed by atoms with Crippen molar-refractivity contribution in [1.29, 1.82) is 5.26 Å². The Morgan fingerprint density at radius 1 is 0.977 bits per heavy atom. The van der Waals surface area contributed by atoms with Crippen molar-refractivity contribution in [1.82, 2.24) is 4.90 Å². The van der Waals surface area contributed by atoms with Crippen molar-refractivity contribution in [2.45, 2.75) is 56.6 Å². The molecule has 0 bridgehead atoms. The first-order valence-corrected chi connectivity index (χ1v) is 13.6. The van der Waals surface area contributed by atoms with E-state index in [1.54, 1.807) is 15.9 Å². The molecule has 1 saturated carbocycles. The number of ether oxygens (including phenoxy) is 1. The Bertz CT molecular complexity index is 1370. The van der Waals surface area contributed by atoms with Gasteiger partial charge in [-0.15, -0.1) is 0 Å². The van der Waals surface area contributed by atoms with Crippen LogP contribution in [0.25, 0.3) is 0 Å². The van der Waals surface area contributed by atoms with Crippen molar-refractivity contribution in [3.05, 3.63) is 63.2 Å². The molecule has 1 saturated heterocycles. The van der Waals surface area contributed by atoms with Crippen LogP contribution in [0.3, 0.4) is 0 Å². The van der Waals surface area contributed by atoms with Gasteiger partial charge in [-0.25, -0.2) is 0 Å². The van der Waals surface area contributed by atoms with E-state index >= 15 is 0 Å². The molecule has 1 aliphatic carbocycles. The molecule has 2 aliphatic rings. The third kappa shape index (κ3) is 8.07. The van der Waals surface area contributed by atoms with Crippen molar-refractivity contribution in [3.8, 4) is 6.07 Å². The van der Waals surface area contributed by atoms with E-state index < -0.39 is 39.7 Å². The lowest BCUT2D eigenvalue weighted by molar-refractivity contribution is -0.388. The molecule has 1 aliphatic heterocycles. The molecular formula is C28H29F6N5O4. The number of carbonyl (C=O) groups is 1. The number of benzene rings is 2. The van der Waals surface area contributed by atoms with E-state index in [0.717, 1.165) is 24.3 Å². The molecule has 43 heavy (non-hydrogen) atoms. The molecule has 9 nitrogen and oxygen atoms in total. The predicted octanol–water partition coefficient (Wildman–Crippen LogP) is 5.98. The van der Waals surface area contributed by atoms with Crippen LogP contribution < -0.4 is 10.2 Å². The van der Waals surface area contributed by atoms with Gasteiger partial charge in [0.05, 0.1) is 28.2 Å². The third-order valence-corrected chi connectivity index (χ3v) is 7.63. The monoisotopic (exact) mass is 613 g/mol. The summed E-state index contributed by atoms with van der Waals surface area (Å²) in [6, 6.07) is 7.78. The van der Waals surface area contributed by atoms with Gasteiger partial charge in [-0.1, -0.05) is 0 Å². The maximum atomic E-state index is 13.4. The largest absolute Gasteiger partial charge is 0.423 e. The summed E-state index contributed by atoms with van der Waals surface area (Å²) in [7, 11) is 0. The van der Waals surface area contributed by atoms with Gasteiger partial charge in [0.15, 0.2) is 0 Å². The van der Waals surface area contributed by atoms with Crippen LogP contribution in [0.1, 0.15) is 48.8 Å². The minimum absolute atomic E-state index is 0.128. The normalized spacial score (nSPS) is 19.8. The van der Waals surface area contributed by atoms with E-state index in [1.165, 1.54) is 12.1 Å². The Balaban J connectivity index is 1.25. The fourth-order valence-electron chi connectivity index (χ4n) is 5.39. The molecule has 1 amide bonds. The number of nitro groups is 1. The van der Waals surface area contributed by atoms with Gasteiger partial charge in [-0.2, -0.15) is 31.6 Å². The zero-order chi connectivity index (χ0) is 31.4. The Morgan fingerprint density at radius 2 is 1.67 bits per heavy atom. The number of anilines is 2. The fraction of sp³-hybridized carbons (Fsp3) is 0.500. The van der Waals surface area contributed by atoms with Crippen LogP contribution in [0.5, 0.6) is 0 Å². The standard InChI is InChI=1S/C28H29F6N5O4/c29-27(30,31)23-15-21(6-2-18(23)16-35)37-10-1-11-38(13-12-37)26(40)17-43-22-7-3-19(4-8-22)36-20-5-9-25(39(41)42)24(14-20)28(32,33)34/h2,5-6,9,14-15,19,22,36H,1,3-4,7-8,10-13,17H2. The molecule has 0 spiro atoms.